The minimum atomic E-state index is -0.561. The molecule has 5 rings (SSSR count). The van der Waals surface area contributed by atoms with Crippen molar-refractivity contribution in [3.05, 3.63) is 59.4 Å². The van der Waals surface area contributed by atoms with Gasteiger partial charge >= 0.3 is 6.09 Å². The molecule has 39 heavy (non-hydrogen) atoms. The zero-order chi connectivity index (χ0) is 28.2. The molecule has 0 saturated carbocycles. The van der Waals surface area contributed by atoms with Crippen LogP contribution in [0.3, 0.4) is 0 Å². The van der Waals surface area contributed by atoms with Gasteiger partial charge in [-0.15, -0.1) is 0 Å². The summed E-state index contributed by atoms with van der Waals surface area (Å²) < 4.78 is 21.8. The fourth-order valence-corrected chi connectivity index (χ4v) is 5.44. The van der Waals surface area contributed by atoms with Crippen LogP contribution in [0.5, 0.6) is 0 Å². The number of ether oxygens (including phenoxy) is 1. The number of aromatic amines is 1. The SMILES string of the molecule is Cc1cn2cc(NC(=O)c3ccc(N4CC(C)N(C(=O)OC(C)(C)C)[C@@H](C)C4)c4cc(C)[nH]c34)cc(F)c2n1. The Balaban J connectivity index is 1.41. The fraction of sp³-hybridized carbons (Fsp3) is 0.414. The van der Waals surface area contributed by atoms with E-state index in [0.29, 0.717) is 35.6 Å². The Morgan fingerprint density at radius 2 is 1.79 bits per heavy atom. The van der Waals surface area contributed by atoms with E-state index in [1.807, 2.05) is 53.7 Å². The van der Waals surface area contributed by atoms with Crippen LogP contribution in [-0.2, 0) is 4.74 Å². The molecule has 3 aromatic heterocycles. The summed E-state index contributed by atoms with van der Waals surface area (Å²) in [5, 5.41) is 3.75. The number of hydrogen-bond donors (Lipinski definition) is 2. The standard InChI is InChI=1S/C29H35FN6O3/c1-16-10-22-24(34-13-18(3)36(19(4)14-34)28(38)39-29(5,6)7)9-8-21(25(22)31-16)27(37)33-20-11-23(30)26-32-17(2)12-35(26)15-20/h8-12,15,18-19,31H,13-14H2,1-7H3,(H,33,37)/t18-,19?/m0/s1. The molecule has 4 heterocycles. The van der Waals surface area contributed by atoms with Gasteiger partial charge in [0.15, 0.2) is 11.5 Å². The normalized spacial score (nSPS) is 18.2. The summed E-state index contributed by atoms with van der Waals surface area (Å²) in [6.07, 6.45) is 3.05. The van der Waals surface area contributed by atoms with Crippen molar-refractivity contribution in [3.63, 3.8) is 0 Å². The molecule has 0 bridgehead atoms. The van der Waals surface area contributed by atoms with Crippen molar-refractivity contribution in [1.82, 2.24) is 19.3 Å². The number of carbonyl (C=O) groups excluding carboxylic acids is 2. The van der Waals surface area contributed by atoms with Gasteiger partial charge in [0.1, 0.15) is 5.60 Å². The number of benzene rings is 1. The minimum absolute atomic E-state index is 0.0710. The molecule has 1 unspecified atom stereocenters. The van der Waals surface area contributed by atoms with Gasteiger partial charge in [-0.1, -0.05) is 0 Å². The first-order valence-electron chi connectivity index (χ1n) is 13.2. The van der Waals surface area contributed by atoms with E-state index >= 15 is 0 Å². The number of nitrogens with zero attached hydrogens (tertiary/aromatic N) is 4. The van der Waals surface area contributed by atoms with Crippen LogP contribution in [0, 0.1) is 19.7 Å². The maximum absolute atomic E-state index is 14.6. The summed E-state index contributed by atoms with van der Waals surface area (Å²) in [4.78, 5) is 37.8. The summed E-state index contributed by atoms with van der Waals surface area (Å²) >= 11 is 0. The van der Waals surface area contributed by atoms with Gasteiger partial charge in [-0.2, -0.15) is 0 Å². The van der Waals surface area contributed by atoms with Gasteiger partial charge in [0.25, 0.3) is 5.91 Å². The second-order valence-corrected chi connectivity index (χ2v) is 11.5. The van der Waals surface area contributed by atoms with E-state index in [9.17, 15) is 14.0 Å². The summed E-state index contributed by atoms with van der Waals surface area (Å²) in [7, 11) is 0. The number of aromatic nitrogens is 3. The second kappa shape index (κ2) is 9.59. The molecule has 2 N–H and O–H groups in total. The highest BCUT2D eigenvalue weighted by molar-refractivity contribution is 6.14. The van der Waals surface area contributed by atoms with Gasteiger partial charge in [-0.3, -0.25) is 9.69 Å². The van der Waals surface area contributed by atoms with Crippen molar-refractivity contribution < 1.29 is 18.7 Å². The molecule has 1 aromatic carbocycles. The van der Waals surface area contributed by atoms with Crippen LogP contribution in [0.4, 0.5) is 20.6 Å². The van der Waals surface area contributed by atoms with E-state index in [1.54, 1.807) is 34.7 Å². The zero-order valence-electron chi connectivity index (χ0n) is 23.4. The highest BCUT2D eigenvalue weighted by Crippen LogP contribution is 2.33. The van der Waals surface area contributed by atoms with Crippen LogP contribution in [0.15, 0.2) is 36.7 Å². The third-order valence-electron chi connectivity index (χ3n) is 6.90. The monoisotopic (exact) mass is 534 g/mol. The average Bonchev–Trinajstić information content (AvgIpc) is 3.38. The summed E-state index contributed by atoms with van der Waals surface area (Å²) in [6, 6.07) is 6.89. The number of anilines is 2. The molecule has 206 valence electrons. The zero-order valence-corrected chi connectivity index (χ0v) is 23.4. The van der Waals surface area contributed by atoms with Crippen LogP contribution in [0.2, 0.25) is 0 Å². The molecule has 0 aliphatic carbocycles. The Morgan fingerprint density at radius 3 is 2.46 bits per heavy atom. The summed E-state index contributed by atoms with van der Waals surface area (Å²) in [5.74, 6) is -0.855. The number of piperazine rings is 1. The number of hydrogen-bond acceptors (Lipinski definition) is 5. The molecular formula is C29H35FN6O3. The largest absolute Gasteiger partial charge is 0.444 e. The number of H-pyrrole nitrogens is 1. The maximum atomic E-state index is 14.6. The van der Waals surface area contributed by atoms with Gasteiger partial charge in [0.05, 0.1) is 34.5 Å². The maximum Gasteiger partial charge on any atom is 0.410 e. The van der Waals surface area contributed by atoms with Crippen molar-refractivity contribution in [2.45, 2.75) is 66.2 Å². The Hall–Kier alpha value is -4.08. The van der Waals surface area contributed by atoms with Gasteiger partial charge in [-0.05, 0) is 66.7 Å². The molecule has 1 aliphatic heterocycles. The van der Waals surface area contributed by atoms with Crippen molar-refractivity contribution in [3.8, 4) is 0 Å². The molecule has 2 amide bonds. The molecule has 0 radical (unpaired) electrons. The van der Waals surface area contributed by atoms with Crippen LogP contribution in [0.1, 0.15) is 56.4 Å². The predicted molar refractivity (Wildman–Crippen MR) is 150 cm³/mol. The topological polar surface area (TPSA) is 95.0 Å². The Morgan fingerprint density at radius 1 is 1.10 bits per heavy atom. The highest BCUT2D eigenvalue weighted by atomic mass is 19.1. The molecule has 1 aliphatic rings. The summed E-state index contributed by atoms with van der Waals surface area (Å²) in [5.41, 5.74) is 3.74. The molecule has 9 nitrogen and oxygen atoms in total. The smallest absolute Gasteiger partial charge is 0.410 e. The first kappa shape index (κ1) is 26.5. The summed E-state index contributed by atoms with van der Waals surface area (Å²) in [6.45, 7) is 14.6. The van der Waals surface area contributed by atoms with Gasteiger partial charge < -0.3 is 24.3 Å². The number of halogens is 1. The first-order chi connectivity index (χ1) is 18.3. The molecule has 4 aromatic rings. The first-order valence-corrected chi connectivity index (χ1v) is 13.2. The van der Waals surface area contributed by atoms with E-state index in [2.05, 4.69) is 20.2 Å². The molecule has 10 heteroatoms. The fourth-order valence-electron chi connectivity index (χ4n) is 5.44. The van der Waals surface area contributed by atoms with Crippen LogP contribution in [0.25, 0.3) is 16.6 Å². The lowest BCUT2D eigenvalue weighted by atomic mass is 10.0. The lowest BCUT2D eigenvalue weighted by Crippen LogP contribution is -2.59. The lowest BCUT2D eigenvalue weighted by Gasteiger charge is -2.45. The number of pyridine rings is 1. The number of amides is 2. The molecule has 0 spiro atoms. The van der Waals surface area contributed by atoms with E-state index in [-0.39, 0.29) is 29.7 Å². The third-order valence-corrected chi connectivity index (χ3v) is 6.90. The number of nitrogens with one attached hydrogen (secondary N) is 2. The van der Waals surface area contributed by atoms with Crippen LogP contribution in [-0.4, -0.2) is 62.0 Å². The van der Waals surface area contributed by atoms with Gasteiger partial charge in [0, 0.05) is 48.3 Å². The van der Waals surface area contributed by atoms with Crippen LogP contribution >= 0.6 is 0 Å². The number of carbonyl (C=O) groups is 2. The number of aryl methyl sites for hydroxylation is 2. The van der Waals surface area contributed by atoms with E-state index in [4.69, 9.17) is 4.74 Å². The Labute approximate surface area is 226 Å². The average molecular weight is 535 g/mol. The number of fused-ring (bicyclic) bond motifs is 2. The molecule has 1 fully saturated rings. The quantitative estimate of drug-likeness (QED) is 0.354. The Bertz CT molecular complexity index is 1570. The molecule has 1 saturated heterocycles. The molecule has 2 atom stereocenters. The number of rotatable bonds is 3. The van der Waals surface area contributed by atoms with E-state index in [1.165, 1.54) is 6.07 Å². The van der Waals surface area contributed by atoms with Crippen molar-refractivity contribution in [2.75, 3.05) is 23.3 Å². The Kier molecular flexibility index (Phi) is 6.52. The number of imidazole rings is 1. The van der Waals surface area contributed by atoms with E-state index < -0.39 is 11.4 Å². The van der Waals surface area contributed by atoms with Crippen LogP contribution < -0.4 is 10.2 Å². The second-order valence-electron chi connectivity index (χ2n) is 11.5. The van der Waals surface area contributed by atoms with E-state index in [0.717, 1.165) is 16.8 Å². The van der Waals surface area contributed by atoms with Crippen molar-refractivity contribution in [2.24, 2.45) is 0 Å². The predicted octanol–water partition coefficient (Wildman–Crippen LogP) is 5.66. The van der Waals surface area contributed by atoms with Gasteiger partial charge in [0.2, 0.25) is 0 Å². The third kappa shape index (κ3) is 5.15. The highest BCUT2D eigenvalue weighted by Gasteiger charge is 2.36. The molecular weight excluding hydrogens is 499 g/mol. The van der Waals surface area contributed by atoms with Crippen molar-refractivity contribution >= 4 is 39.9 Å². The minimum Gasteiger partial charge on any atom is -0.444 e. The van der Waals surface area contributed by atoms with Gasteiger partial charge in [-0.25, -0.2) is 14.2 Å². The van der Waals surface area contributed by atoms with Crippen molar-refractivity contribution in [1.29, 1.82) is 0 Å². The lowest BCUT2D eigenvalue weighted by molar-refractivity contribution is 0.00567.